The quantitative estimate of drug-likeness (QED) is 0.761. The second-order valence-electron chi connectivity index (χ2n) is 3.52. The van der Waals surface area contributed by atoms with Crippen LogP contribution >= 0.6 is 0 Å². The fraction of sp³-hybridized carbons (Fsp3) is 0.400. The van der Waals surface area contributed by atoms with Gasteiger partial charge in [0.15, 0.2) is 0 Å². The molecule has 1 rings (SSSR count). The largest absolute Gasteiger partial charge is 0.217 e. The number of aryl methyl sites for hydroxylation is 1. The van der Waals surface area contributed by atoms with Gasteiger partial charge in [-0.1, -0.05) is 29.8 Å². The third-order valence-electron chi connectivity index (χ3n) is 2.03. The average molecular weight is 213 g/mol. The summed E-state index contributed by atoms with van der Waals surface area (Å²) in [5.74, 6) is 0.0697. The third-order valence-corrected chi connectivity index (χ3v) is 3.84. The minimum Gasteiger partial charge on any atom is -0.212 e. The zero-order valence-corrected chi connectivity index (χ0v) is 9.50. The van der Waals surface area contributed by atoms with Crippen LogP contribution in [-0.2, 0) is 15.8 Å². The molecule has 0 heterocycles. The summed E-state index contributed by atoms with van der Waals surface area (Å²) in [6, 6.07) is 7.52. The first kappa shape index (κ1) is 11.2. The van der Waals surface area contributed by atoms with Crippen LogP contribution in [0.4, 0.5) is 0 Å². The molecule has 0 amide bonds. The fourth-order valence-electron chi connectivity index (χ4n) is 1.02. The molecular weight excluding hydrogens is 198 g/mol. The molecule has 14 heavy (non-hydrogen) atoms. The summed E-state index contributed by atoms with van der Waals surface area (Å²) in [5.41, 5.74) is 1.96. The van der Waals surface area contributed by atoms with Gasteiger partial charge < -0.3 is 0 Å². The van der Waals surface area contributed by atoms with Gasteiger partial charge in [-0.2, -0.15) is 0 Å². The van der Waals surface area contributed by atoms with Crippen molar-refractivity contribution < 1.29 is 8.42 Å². The van der Waals surface area contributed by atoms with Gasteiger partial charge in [0, 0.05) is 14.1 Å². The molecule has 3 nitrogen and oxygen atoms in total. The average Bonchev–Trinajstić information content (AvgIpc) is 2.08. The summed E-state index contributed by atoms with van der Waals surface area (Å²) in [6.45, 7) is 1.98. The van der Waals surface area contributed by atoms with Gasteiger partial charge in [0.1, 0.15) is 0 Å². The maximum Gasteiger partial charge on any atom is 0.217 e. The predicted molar refractivity (Wildman–Crippen MR) is 57.5 cm³/mol. The molecule has 1 aromatic carbocycles. The number of hydrogen-bond donors (Lipinski definition) is 0. The third kappa shape index (κ3) is 2.82. The van der Waals surface area contributed by atoms with Crippen molar-refractivity contribution in [3.63, 3.8) is 0 Å². The highest BCUT2D eigenvalue weighted by Crippen LogP contribution is 2.09. The summed E-state index contributed by atoms with van der Waals surface area (Å²) in [7, 11) is -0.0404. The summed E-state index contributed by atoms with van der Waals surface area (Å²) in [6.07, 6.45) is 0. The van der Waals surface area contributed by atoms with E-state index >= 15 is 0 Å². The monoisotopic (exact) mass is 213 g/mol. The summed E-state index contributed by atoms with van der Waals surface area (Å²) in [4.78, 5) is 0. The van der Waals surface area contributed by atoms with Crippen LogP contribution < -0.4 is 0 Å². The van der Waals surface area contributed by atoms with E-state index in [2.05, 4.69) is 0 Å². The Hall–Kier alpha value is -0.870. The van der Waals surface area contributed by atoms with Gasteiger partial charge in [-0.3, -0.25) is 0 Å². The van der Waals surface area contributed by atoms with Crippen LogP contribution in [0.5, 0.6) is 0 Å². The minimum absolute atomic E-state index is 0.0697. The van der Waals surface area contributed by atoms with E-state index in [0.717, 1.165) is 11.1 Å². The zero-order valence-electron chi connectivity index (χ0n) is 8.69. The Morgan fingerprint density at radius 1 is 1.14 bits per heavy atom. The van der Waals surface area contributed by atoms with E-state index in [1.807, 2.05) is 31.2 Å². The summed E-state index contributed by atoms with van der Waals surface area (Å²) >= 11 is 0. The lowest BCUT2D eigenvalue weighted by molar-refractivity contribution is 0.520. The van der Waals surface area contributed by atoms with Crippen molar-refractivity contribution in [2.24, 2.45) is 0 Å². The molecule has 0 atom stereocenters. The van der Waals surface area contributed by atoms with Crippen molar-refractivity contribution in [3.05, 3.63) is 35.4 Å². The van der Waals surface area contributed by atoms with Crippen LogP contribution in [0.2, 0.25) is 0 Å². The van der Waals surface area contributed by atoms with Gasteiger partial charge in [-0.25, -0.2) is 12.7 Å². The first-order chi connectivity index (χ1) is 6.42. The van der Waals surface area contributed by atoms with Crippen molar-refractivity contribution >= 4 is 10.0 Å². The number of sulfonamides is 1. The molecule has 0 aliphatic carbocycles. The highest BCUT2D eigenvalue weighted by Gasteiger charge is 2.13. The topological polar surface area (TPSA) is 37.4 Å². The number of benzene rings is 1. The Bertz CT molecular complexity index is 393. The molecule has 0 bridgehead atoms. The van der Waals surface area contributed by atoms with Gasteiger partial charge in [-0.15, -0.1) is 0 Å². The molecule has 0 saturated carbocycles. The lowest BCUT2D eigenvalue weighted by Crippen LogP contribution is -2.23. The molecule has 1 aromatic rings. The lowest BCUT2D eigenvalue weighted by Gasteiger charge is -2.10. The summed E-state index contributed by atoms with van der Waals surface area (Å²) in [5, 5.41) is 0. The molecule has 0 fully saturated rings. The molecule has 0 aliphatic rings. The van der Waals surface area contributed by atoms with Crippen LogP contribution in [-0.4, -0.2) is 26.8 Å². The van der Waals surface area contributed by atoms with Crippen molar-refractivity contribution in [3.8, 4) is 0 Å². The molecule has 0 aromatic heterocycles. The maximum absolute atomic E-state index is 11.5. The predicted octanol–water partition coefficient (Wildman–Crippen LogP) is 1.39. The number of nitrogens with zero attached hydrogens (tertiary/aromatic N) is 1. The number of hydrogen-bond acceptors (Lipinski definition) is 2. The second kappa shape index (κ2) is 4.11. The van der Waals surface area contributed by atoms with Gasteiger partial charge in [0.25, 0.3) is 0 Å². The van der Waals surface area contributed by atoms with Crippen molar-refractivity contribution in [2.75, 3.05) is 14.1 Å². The van der Waals surface area contributed by atoms with Gasteiger partial charge in [0.05, 0.1) is 5.75 Å². The molecule has 0 aliphatic heterocycles. The second-order valence-corrected chi connectivity index (χ2v) is 5.71. The van der Waals surface area contributed by atoms with Gasteiger partial charge in [-0.05, 0) is 12.5 Å². The van der Waals surface area contributed by atoms with E-state index < -0.39 is 10.0 Å². The van der Waals surface area contributed by atoms with Crippen LogP contribution in [0, 0.1) is 6.92 Å². The Morgan fingerprint density at radius 3 is 2.07 bits per heavy atom. The maximum atomic E-state index is 11.5. The van der Waals surface area contributed by atoms with E-state index in [1.165, 1.54) is 4.31 Å². The number of rotatable bonds is 3. The fourth-order valence-corrected chi connectivity index (χ4v) is 1.90. The highest BCUT2D eigenvalue weighted by molar-refractivity contribution is 7.88. The first-order valence-corrected chi connectivity index (χ1v) is 5.98. The van der Waals surface area contributed by atoms with E-state index in [4.69, 9.17) is 0 Å². The molecule has 0 unspecified atom stereocenters. The van der Waals surface area contributed by atoms with Crippen molar-refractivity contribution in [1.29, 1.82) is 0 Å². The highest BCUT2D eigenvalue weighted by atomic mass is 32.2. The van der Waals surface area contributed by atoms with Crippen LogP contribution in [0.15, 0.2) is 24.3 Å². The molecule has 78 valence electrons. The van der Waals surface area contributed by atoms with Crippen LogP contribution in [0.3, 0.4) is 0 Å². The van der Waals surface area contributed by atoms with E-state index in [0.29, 0.717) is 0 Å². The SMILES string of the molecule is Cc1ccc(CS(=O)(=O)N(C)C)cc1. The molecule has 0 spiro atoms. The standard InChI is InChI=1S/C10H15NO2S/c1-9-4-6-10(7-5-9)8-14(12,13)11(2)3/h4-7H,8H2,1-3H3. The lowest BCUT2D eigenvalue weighted by atomic mass is 10.2. The first-order valence-electron chi connectivity index (χ1n) is 4.37. The Kier molecular flexibility index (Phi) is 3.29. The zero-order chi connectivity index (χ0) is 10.8. The molecular formula is C10H15NO2S. The molecule has 0 saturated heterocycles. The molecule has 0 radical (unpaired) electrons. The Labute approximate surface area is 85.4 Å². The molecule has 0 N–H and O–H groups in total. The van der Waals surface area contributed by atoms with Crippen molar-refractivity contribution in [2.45, 2.75) is 12.7 Å². The van der Waals surface area contributed by atoms with Gasteiger partial charge in [0.2, 0.25) is 10.0 Å². The van der Waals surface area contributed by atoms with Gasteiger partial charge >= 0.3 is 0 Å². The minimum atomic E-state index is -3.13. The smallest absolute Gasteiger partial charge is 0.212 e. The molecule has 4 heteroatoms. The summed E-state index contributed by atoms with van der Waals surface area (Å²) < 4.78 is 24.3. The van der Waals surface area contributed by atoms with Crippen LogP contribution in [0.1, 0.15) is 11.1 Å². The van der Waals surface area contributed by atoms with Crippen molar-refractivity contribution in [1.82, 2.24) is 4.31 Å². The van der Waals surface area contributed by atoms with Crippen LogP contribution in [0.25, 0.3) is 0 Å². The van der Waals surface area contributed by atoms with E-state index in [9.17, 15) is 8.42 Å². The normalized spacial score (nSPS) is 12.0. The van der Waals surface area contributed by atoms with E-state index in [1.54, 1.807) is 14.1 Å². The Morgan fingerprint density at radius 2 is 1.64 bits per heavy atom. The van der Waals surface area contributed by atoms with E-state index in [-0.39, 0.29) is 5.75 Å². The Balaban J connectivity index is 2.85.